The number of hydrogen-bond donors (Lipinski definition) is 1. The maximum Gasteiger partial charge on any atom is 0.329 e. The lowest BCUT2D eigenvalue weighted by atomic mass is 9.73. The van der Waals surface area contributed by atoms with Gasteiger partial charge in [0.05, 0.1) is 4.92 Å². The van der Waals surface area contributed by atoms with E-state index in [1.54, 1.807) is 0 Å². The fraction of sp³-hybridized carbons (Fsp3) is 0.667. The van der Waals surface area contributed by atoms with E-state index < -0.39 is 4.92 Å². The molecule has 1 aliphatic carbocycles. The predicted octanol–water partition coefficient (Wildman–Crippen LogP) is 3.42. The molecule has 1 fully saturated rings. The van der Waals surface area contributed by atoms with Crippen molar-refractivity contribution in [3.05, 3.63) is 21.6 Å². The SMILES string of the molecule is CC1(C)CCCCC1Nc1nc(Cl)ncc1[N+](=O)[O-]. The van der Waals surface area contributed by atoms with Crippen molar-refractivity contribution in [1.29, 1.82) is 0 Å². The molecule has 1 N–H and O–H groups in total. The zero-order valence-electron chi connectivity index (χ0n) is 11.0. The van der Waals surface area contributed by atoms with Gasteiger partial charge >= 0.3 is 5.69 Å². The van der Waals surface area contributed by atoms with Crippen LogP contribution in [0.4, 0.5) is 11.5 Å². The van der Waals surface area contributed by atoms with E-state index >= 15 is 0 Å². The van der Waals surface area contributed by atoms with E-state index in [-0.39, 0.29) is 28.2 Å². The summed E-state index contributed by atoms with van der Waals surface area (Å²) in [7, 11) is 0. The third-order valence-corrected chi connectivity index (χ3v) is 3.94. The van der Waals surface area contributed by atoms with Crippen molar-refractivity contribution >= 4 is 23.1 Å². The summed E-state index contributed by atoms with van der Waals surface area (Å²) < 4.78 is 0. The minimum absolute atomic E-state index is 0.0155. The Morgan fingerprint density at radius 3 is 2.89 bits per heavy atom. The Bertz CT molecular complexity index is 493. The maximum atomic E-state index is 11.0. The van der Waals surface area contributed by atoms with E-state index in [1.165, 1.54) is 6.42 Å². The molecule has 104 valence electrons. The minimum Gasteiger partial charge on any atom is -0.361 e. The summed E-state index contributed by atoms with van der Waals surface area (Å²) in [5.74, 6) is 0.213. The summed E-state index contributed by atoms with van der Waals surface area (Å²) >= 11 is 5.73. The van der Waals surface area contributed by atoms with E-state index in [0.717, 1.165) is 25.5 Å². The molecule has 0 spiro atoms. The molecular formula is C12H17ClN4O2. The lowest BCUT2D eigenvalue weighted by Gasteiger charge is -2.39. The first kappa shape index (κ1) is 14.0. The number of anilines is 1. The fourth-order valence-corrected chi connectivity index (χ4v) is 2.65. The van der Waals surface area contributed by atoms with Crippen LogP contribution in [0.3, 0.4) is 0 Å². The van der Waals surface area contributed by atoms with Crippen LogP contribution in [0.5, 0.6) is 0 Å². The van der Waals surface area contributed by atoms with Crippen LogP contribution >= 0.6 is 11.6 Å². The molecule has 0 saturated heterocycles. The molecule has 0 bridgehead atoms. The van der Waals surface area contributed by atoms with E-state index in [4.69, 9.17) is 11.6 Å². The maximum absolute atomic E-state index is 11.0. The van der Waals surface area contributed by atoms with Crippen LogP contribution in [-0.4, -0.2) is 20.9 Å². The van der Waals surface area contributed by atoms with Crippen molar-refractivity contribution in [3.8, 4) is 0 Å². The van der Waals surface area contributed by atoms with Gasteiger partial charge in [-0.05, 0) is 29.9 Å². The Hall–Kier alpha value is -1.43. The molecule has 19 heavy (non-hydrogen) atoms. The normalized spacial score (nSPS) is 21.9. The van der Waals surface area contributed by atoms with Crippen LogP contribution in [0.25, 0.3) is 0 Å². The number of aromatic nitrogens is 2. The number of rotatable bonds is 3. The molecule has 6 nitrogen and oxygen atoms in total. The van der Waals surface area contributed by atoms with Gasteiger partial charge in [-0.25, -0.2) is 4.98 Å². The summed E-state index contributed by atoms with van der Waals surface area (Å²) in [6, 6.07) is 0.158. The smallest absolute Gasteiger partial charge is 0.329 e. The second-order valence-corrected chi connectivity index (χ2v) is 5.90. The Kier molecular flexibility index (Phi) is 3.89. The Labute approximate surface area is 116 Å². The second kappa shape index (κ2) is 5.28. The Balaban J connectivity index is 2.27. The van der Waals surface area contributed by atoms with Gasteiger partial charge < -0.3 is 5.32 Å². The highest BCUT2D eigenvalue weighted by molar-refractivity contribution is 6.28. The first-order valence-corrected chi connectivity index (χ1v) is 6.71. The third kappa shape index (κ3) is 3.12. The molecule has 0 aromatic carbocycles. The van der Waals surface area contributed by atoms with Crippen molar-refractivity contribution in [2.75, 3.05) is 5.32 Å². The monoisotopic (exact) mass is 284 g/mol. The van der Waals surface area contributed by atoms with Crippen LogP contribution in [0.2, 0.25) is 5.28 Å². The van der Waals surface area contributed by atoms with E-state index in [1.807, 2.05) is 0 Å². The molecule has 1 aromatic rings. The Morgan fingerprint density at radius 2 is 2.26 bits per heavy atom. The van der Waals surface area contributed by atoms with Crippen LogP contribution in [0, 0.1) is 15.5 Å². The molecule has 2 rings (SSSR count). The average molecular weight is 285 g/mol. The highest BCUT2D eigenvalue weighted by atomic mass is 35.5. The van der Waals surface area contributed by atoms with Crippen LogP contribution < -0.4 is 5.32 Å². The molecule has 0 aliphatic heterocycles. The van der Waals surface area contributed by atoms with Gasteiger partial charge in [0, 0.05) is 6.04 Å². The average Bonchev–Trinajstić information content (AvgIpc) is 2.31. The largest absolute Gasteiger partial charge is 0.361 e. The molecule has 1 saturated carbocycles. The molecule has 0 amide bonds. The summed E-state index contributed by atoms with van der Waals surface area (Å²) in [6.45, 7) is 4.33. The van der Waals surface area contributed by atoms with Crippen molar-refractivity contribution in [3.63, 3.8) is 0 Å². The quantitative estimate of drug-likeness (QED) is 0.522. The van der Waals surface area contributed by atoms with Crippen molar-refractivity contribution in [1.82, 2.24) is 9.97 Å². The molecule has 1 unspecified atom stereocenters. The van der Waals surface area contributed by atoms with Gasteiger partial charge in [-0.1, -0.05) is 26.7 Å². The highest BCUT2D eigenvalue weighted by Gasteiger charge is 2.33. The summed E-state index contributed by atoms with van der Waals surface area (Å²) in [4.78, 5) is 18.1. The van der Waals surface area contributed by atoms with Gasteiger partial charge in [0.25, 0.3) is 0 Å². The number of hydrogen-bond acceptors (Lipinski definition) is 5. The minimum atomic E-state index is -0.492. The van der Waals surface area contributed by atoms with Crippen molar-refractivity contribution < 1.29 is 4.92 Å². The molecule has 1 heterocycles. The molecule has 7 heteroatoms. The lowest BCUT2D eigenvalue weighted by molar-refractivity contribution is -0.384. The van der Waals surface area contributed by atoms with Gasteiger partial charge in [-0.15, -0.1) is 0 Å². The van der Waals surface area contributed by atoms with Crippen molar-refractivity contribution in [2.24, 2.45) is 5.41 Å². The van der Waals surface area contributed by atoms with E-state index in [0.29, 0.717) is 0 Å². The molecular weight excluding hydrogens is 268 g/mol. The van der Waals surface area contributed by atoms with Gasteiger partial charge in [0.2, 0.25) is 11.1 Å². The number of nitrogens with zero attached hydrogens (tertiary/aromatic N) is 3. The van der Waals surface area contributed by atoms with E-state index in [2.05, 4.69) is 29.1 Å². The second-order valence-electron chi connectivity index (χ2n) is 5.56. The van der Waals surface area contributed by atoms with Crippen LogP contribution in [0.15, 0.2) is 6.20 Å². The summed E-state index contributed by atoms with van der Waals surface area (Å²) in [5, 5.41) is 14.2. The zero-order chi connectivity index (χ0) is 14.0. The third-order valence-electron chi connectivity index (χ3n) is 3.75. The van der Waals surface area contributed by atoms with Crippen LogP contribution in [0.1, 0.15) is 39.5 Å². The van der Waals surface area contributed by atoms with Crippen molar-refractivity contribution in [2.45, 2.75) is 45.6 Å². The zero-order valence-corrected chi connectivity index (χ0v) is 11.8. The summed E-state index contributed by atoms with van der Waals surface area (Å²) in [5.41, 5.74) is -0.0467. The number of halogens is 1. The fourth-order valence-electron chi connectivity index (χ4n) is 2.52. The Morgan fingerprint density at radius 1 is 1.53 bits per heavy atom. The first-order chi connectivity index (χ1) is 8.90. The first-order valence-electron chi connectivity index (χ1n) is 6.33. The van der Waals surface area contributed by atoms with Gasteiger partial charge in [-0.2, -0.15) is 4.98 Å². The molecule has 1 aliphatic rings. The number of nitro groups is 1. The van der Waals surface area contributed by atoms with Crippen LogP contribution in [-0.2, 0) is 0 Å². The summed E-state index contributed by atoms with van der Waals surface area (Å²) in [6.07, 6.45) is 5.53. The molecule has 1 atom stereocenters. The standard InChI is InChI=1S/C12H17ClN4O2/c1-12(2)6-4-3-5-9(12)15-10-8(17(18)19)7-14-11(13)16-10/h7,9H,3-6H2,1-2H3,(H,14,15,16). The number of nitrogens with one attached hydrogen (secondary N) is 1. The topological polar surface area (TPSA) is 81.0 Å². The van der Waals surface area contributed by atoms with E-state index in [9.17, 15) is 10.1 Å². The molecule has 1 aromatic heterocycles. The van der Waals surface area contributed by atoms with Gasteiger partial charge in [0.1, 0.15) is 6.20 Å². The van der Waals surface area contributed by atoms with Gasteiger partial charge in [0.15, 0.2) is 0 Å². The van der Waals surface area contributed by atoms with Gasteiger partial charge in [-0.3, -0.25) is 10.1 Å². The predicted molar refractivity (Wildman–Crippen MR) is 73.4 cm³/mol. The highest BCUT2D eigenvalue weighted by Crippen LogP contribution is 2.38. The lowest BCUT2D eigenvalue weighted by Crippen LogP contribution is -2.39. The molecule has 0 radical (unpaired) electrons.